The minimum absolute atomic E-state index is 0.267. The zero-order valence-corrected chi connectivity index (χ0v) is 19.3. The van der Waals surface area contributed by atoms with E-state index < -0.39 is 0 Å². The maximum Gasteiger partial charge on any atom is 0.277 e. The molecule has 1 N–H and O–H groups in total. The number of thiazole rings is 1. The molecule has 0 bridgehead atoms. The molecule has 0 saturated carbocycles. The van der Waals surface area contributed by atoms with Crippen LogP contribution in [-0.4, -0.2) is 25.4 Å². The molecule has 3 aromatic heterocycles. The summed E-state index contributed by atoms with van der Waals surface area (Å²) in [5.74, 6) is 0.245. The van der Waals surface area contributed by atoms with Crippen molar-refractivity contribution < 1.29 is 4.79 Å². The molecule has 0 atom stereocenters. The predicted octanol–water partition coefficient (Wildman–Crippen LogP) is 5.67. The van der Waals surface area contributed by atoms with Crippen LogP contribution in [0.3, 0.4) is 0 Å². The number of anilines is 1. The van der Waals surface area contributed by atoms with Gasteiger partial charge in [-0.25, -0.2) is 9.97 Å². The van der Waals surface area contributed by atoms with Gasteiger partial charge in [0.25, 0.3) is 5.91 Å². The third kappa shape index (κ3) is 4.40. The standard InChI is InChI=1S/C26H23N5OS/c1-17-10-11-20(18(2)15-17)25-28-22(16-33-25)24(32)30-26-29-21-8-3-4-9-23(21)31(26)14-12-19-7-5-6-13-27-19/h3-11,13,15-16H,12,14H2,1-2H3,(H,29,30,32). The van der Waals surface area contributed by atoms with Crippen molar-refractivity contribution in [3.63, 3.8) is 0 Å². The number of para-hydroxylation sites is 2. The zero-order valence-electron chi connectivity index (χ0n) is 18.4. The number of carbonyl (C=O) groups excluding carboxylic acids is 1. The van der Waals surface area contributed by atoms with Gasteiger partial charge < -0.3 is 4.57 Å². The number of rotatable bonds is 6. The summed E-state index contributed by atoms with van der Waals surface area (Å²) in [4.78, 5) is 26.7. The third-order valence-corrected chi connectivity index (χ3v) is 6.42. The molecule has 0 spiro atoms. The molecule has 33 heavy (non-hydrogen) atoms. The van der Waals surface area contributed by atoms with Crippen LogP contribution in [0.2, 0.25) is 0 Å². The summed E-state index contributed by atoms with van der Waals surface area (Å²) in [6.45, 7) is 4.78. The lowest BCUT2D eigenvalue weighted by atomic mass is 10.1. The SMILES string of the molecule is Cc1ccc(-c2nc(C(=O)Nc3nc4ccccc4n3CCc3ccccn3)cs2)c(C)c1. The van der Waals surface area contributed by atoms with Crippen molar-refractivity contribution in [2.24, 2.45) is 0 Å². The number of pyridine rings is 1. The van der Waals surface area contributed by atoms with Gasteiger partial charge in [-0.15, -0.1) is 11.3 Å². The molecule has 7 heteroatoms. The topological polar surface area (TPSA) is 72.7 Å². The molecule has 2 aromatic carbocycles. The fraction of sp³-hybridized carbons (Fsp3) is 0.154. The Morgan fingerprint density at radius 2 is 1.88 bits per heavy atom. The average molecular weight is 454 g/mol. The molecule has 5 aromatic rings. The number of amides is 1. The molecule has 0 saturated heterocycles. The van der Waals surface area contributed by atoms with E-state index in [0.717, 1.165) is 39.3 Å². The number of imidazole rings is 1. The van der Waals surface area contributed by atoms with E-state index in [9.17, 15) is 4.79 Å². The zero-order chi connectivity index (χ0) is 22.8. The lowest BCUT2D eigenvalue weighted by molar-refractivity contribution is 0.102. The maximum absolute atomic E-state index is 13.1. The molecule has 164 valence electrons. The number of aryl methyl sites for hydroxylation is 4. The highest BCUT2D eigenvalue weighted by atomic mass is 32.1. The minimum Gasteiger partial charge on any atom is -0.310 e. The normalized spacial score (nSPS) is 11.1. The summed E-state index contributed by atoms with van der Waals surface area (Å²) in [7, 11) is 0. The van der Waals surface area contributed by atoms with Crippen molar-refractivity contribution in [2.75, 3.05) is 5.32 Å². The Labute approximate surface area is 196 Å². The van der Waals surface area contributed by atoms with Gasteiger partial charge in [0, 0.05) is 35.8 Å². The second-order valence-corrected chi connectivity index (χ2v) is 8.82. The van der Waals surface area contributed by atoms with E-state index in [2.05, 4.69) is 52.3 Å². The van der Waals surface area contributed by atoms with Crippen LogP contribution in [-0.2, 0) is 13.0 Å². The number of benzene rings is 2. The molecule has 3 heterocycles. The molecule has 1 amide bonds. The second kappa shape index (κ2) is 8.96. The van der Waals surface area contributed by atoms with Crippen LogP contribution in [0.4, 0.5) is 5.95 Å². The summed E-state index contributed by atoms with van der Waals surface area (Å²) < 4.78 is 2.03. The van der Waals surface area contributed by atoms with Gasteiger partial charge in [-0.05, 0) is 43.7 Å². The highest BCUT2D eigenvalue weighted by Gasteiger charge is 2.17. The first-order chi connectivity index (χ1) is 16.1. The fourth-order valence-electron chi connectivity index (χ4n) is 3.89. The minimum atomic E-state index is -0.267. The predicted molar refractivity (Wildman–Crippen MR) is 133 cm³/mol. The molecule has 0 aliphatic carbocycles. The van der Waals surface area contributed by atoms with E-state index in [4.69, 9.17) is 0 Å². The molecule has 5 rings (SSSR count). The van der Waals surface area contributed by atoms with Crippen LogP contribution < -0.4 is 5.32 Å². The number of hydrogen-bond acceptors (Lipinski definition) is 5. The van der Waals surface area contributed by atoms with E-state index in [1.807, 2.05) is 47.0 Å². The Bertz CT molecular complexity index is 1440. The van der Waals surface area contributed by atoms with Crippen LogP contribution in [0.1, 0.15) is 27.3 Å². The van der Waals surface area contributed by atoms with Crippen molar-refractivity contribution in [2.45, 2.75) is 26.8 Å². The van der Waals surface area contributed by atoms with Crippen LogP contribution >= 0.6 is 11.3 Å². The van der Waals surface area contributed by atoms with Gasteiger partial charge in [-0.3, -0.25) is 15.1 Å². The highest BCUT2D eigenvalue weighted by Crippen LogP contribution is 2.28. The van der Waals surface area contributed by atoms with Gasteiger partial charge in [-0.1, -0.05) is 42.0 Å². The van der Waals surface area contributed by atoms with Gasteiger partial charge >= 0.3 is 0 Å². The van der Waals surface area contributed by atoms with Gasteiger partial charge in [0.15, 0.2) is 0 Å². The van der Waals surface area contributed by atoms with E-state index in [-0.39, 0.29) is 5.91 Å². The summed E-state index contributed by atoms with van der Waals surface area (Å²) in [5, 5.41) is 5.61. The van der Waals surface area contributed by atoms with Crippen LogP contribution in [0.25, 0.3) is 21.6 Å². The summed E-state index contributed by atoms with van der Waals surface area (Å²) in [5.41, 5.74) is 6.58. The first-order valence-electron chi connectivity index (χ1n) is 10.8. The molecular formula is C26H23N5OS. The molecule has 0 aliphatic heterocycles. The number of fused-ring (bicyclic) bond motifs is 1. The quantitative estimate of drug-likeness (QED) is 0.360. The highest BCUT2D eigenvalue weighted by molar-refractivity contribution is 7.13. The van der Waals surface area contributed by atoms with Gasteiger partial charge in [0.05, 0.1) is 11.0 Å². The smallest absolute Gasteiger partial charge is 0.277 e. The first-order valence-corrected chi connectivity index (χ1v) is 11.7. The van der Waals surface area contributed by atoms with Gasteiger partial charge in [-0.2, -0.15) is 0 Å². The lowest BCUT2D eigenvalue weighted by Gasteiger charge is -2.09. The van der Waals surface area contributed by atoms with E-state index >= 15 is 0 Å². The molecule has 6 nitrogen and oxygen atoms in total. The van der Waals surface area contributed by atoms with Crippen LogP contribution in [0.15, 0.2) is 72.2 Å². The summed E-state index contributed by atoms with van der Waals surface area (Å²) >= 11 is 1.47. The summed E-state index contributed by atoms with van der Waals surface area (Å²) in [6.07, 6.45) is 2.53. The molecule has 0 fully saturated rings. The number of hydrogen-bond donors (Lipinski definition) is 1. The Balaban J connectivity index is 1.41. The van der Waals surface area contributed by atoms with Crippen molar-refractivity contribution in [1.29, 1.82) is 0 Å². The van der Waals surface area contributed by atoms with Crippen molar-refractivity contribution >= 4 is 34.2 Å². The number of carbonyl (C=O) groups is 1. The van der Waals surface area contributed by atoms with Gasteiger partial charge in [0.2, 0.25) is 5.95 Å². The van der Waals surface area contributed by atoms with Crippen molar-refractivity contribution in [3.05, 3.63) is 94.8 Å². The average Bonchev–Trinajstić information content (AvgIpc) is 3.43. The Kier molecular flexibility index (Phi) is 5.71. The fourth-order valence-corrected chi connectivity index (χ4v) is 4.78. The largest absolute Gasteiger partial charge is 0.310 e. The first kappa shape index (κ1) is 21.0. The molecule has 0 unspecified atom stereocenters. The molecule has 0 radical (unpaired) electrons. The van der Waals surface area contributed by atoms with E-state index in [0.29, 0.717) is 18.2 Å². The molecular weight excluding hydrogens is 430 g/mol. The van der Waals surface area contributed by atoms with Crippen molar-refractivity contribution in [3.8, 4) is 10.6 Å². The number of nitrogens with one attached hydrogen (secondary N) is 1. The van der Waals surface area contributed by atoms with E-state index in [1.54, 1.807) is 11.6 Å². The Morgan fingerprint density at radius 1 is 1.03 bits per heavy atom. The summed E-state index contributed by atoms with van der Waals surface area (Å²) in [6, 6.07) is 20.0. The third-order valence-electron chi connectivity index (χ3n) is 5.55. The Hall–Kier alpha value is -3.84. The van der Waals surface area contributed by atoms with Crippen LogP contribution in [0.5, 0.6) is 0 Å². The van der Waals surface area contributed by atoms with Crippen molar-refractivity contribution in [1.82, 2.24) is 19.5 Å². The van der Waals surface area contributed by atoms with Crippen LogP contribution in [0, 0.1) is 13.8 Å². The second-order valence-electron chi connectivity index (χ2n) is 7.96. The van der Waals surface area contributed by atoms with Gasteiger partial charge in [0.1, 0.15) is 10.7 Å². The maximum atomic E-state index is 13.1. The number of nitrogens with zero attached hydrogens (tertiary/aromatic N) is 4. The van der Waals surface area contributed by atoms with E-state index in [1.165, 1.54) is 16.9 Å². The monoisotopic (exact) mass is 453 g/mol. The number of aromatic nitrogens is 4. The molecule has 0 aliphatic rings. The Morgan fingerprint density at radius 3 is 2.70 bits per heavy atom. The lowest BCUT2D eigenvalue weighted by Crippen LogP contribution is -2.17.